The Morgan fingerprint density at radius 3 is 2.05 bits per heavy atom. The number of rotatable bonds is 40. The van der Waals surface area contributed by atoms with Gasteiger partial charge in [0.2, 0.25) is 5.75 Å². The summed E-state index contributed by atoms with van der Waals surface area (Å²) >= 11 is 0.184. The topological polar surface area (TPSA) is 331 Å². The SMILES string of the molecule is Cc1nc(N(CCOCCOCCOCCOCc2cn(CCOCCOCCOCCOCCC(=O)Oc3c(F)cc(F)cc3F)nn2)Cc2cccc(C3C[I-]3)c2)c2cnn([C@@H]3O[C@H](COP(=O)(O)CP(=O)(O)O)[C@@H](O)[C@H]3O)c2n1. The Kier molecular flexibility index (Phi) is 26.2. The Labute approximate surface area is 479 Å². The van der Waals surface area contributed by atoms with Crippen LogP contribution in [0.2, 0.25) is 0 Å². The zero-order valence-electron chi connectivity index (χ0n) is 44.7. The Morgan fingerprint density at radius 1 is 0.805 bits per heavy atom. The molecule has 2 aromatic carbocycles. The second-order valence-electron chi connectivity index (χ2n) is 18.4. The van der Waals surface area contributed by atoms with Gasteiger partial charge in [-0.05, 0) is 0 Å². The molecule has 0 bridgehead atoms. The van der Waals surface area contributed by atoms with Crippen molar-refractivity contribution in [2.45, 2.75) is 61.5 Å². The van der Waals surface area contributed by atoms with Crippen molar-refractivity contribution in [1.82, 2.24) is 34.7 Å². The molecule has 2 aliphatic rings. The fourth-order valence-corrected chi connectivity index (χ4v) is 12.2. The van der Waals surface area contributed by atoms with E-state index in [1.807, 2.05) is 0 Å². The minimum atomic E-state index is -4.90. The van der Waals surface area contributed by atoms with Gasteiger partial charge >= 0.3 is 206 Å². The summed E-state index contributed by atoms with van der Waals surface area (Å²) in [4.78, 5) is 51.5. The predicted octanol–water partition coefficient (Wildman–Crippen LogP) is -0.421. The number of halogens is 4. The fraction of sp³-hybridized carbons (Fsp3) is 0.592. The van der Waals surface area contributed by atoms with Crippen LogP contribution in [0.3, 0.4) is 0 Å². The molecule has 7 rings (SSSR count). The fourth-order valence-electron chi connectivity index (χ4n) is 7.96. The van der Waals surface area contributed by atoms with E-state index in [0.29, 0.717) is 138 Å². The molecule has 6 atom stereocenters. The number of hydrogen-bond acceptors (Lipinski definition) is 22. The maximum absolute atomic E-state index is 13.6. The minimum absolute atomic E-state index is 0.0643. The second kappa shape index (κ2) is 32.9. The molecule has 0 spiro atoms. The first-order chi connectivity index (χ1) is 39.4. The van der Waals surface area contributed by atoms with E-state index < -0.39 is 81.4 Å². The van der Waals surface area contributed by atoms with Crippen molar-refractivity contribution >= 4 is 38.0 Å². The maximum atomic E-state index is 13.6. The van der Waals surface area contributed by atoms with Crippen LogP contribution in [0.15, 0.2) is 48.8 Å². The van der Waals surface area contributed by atoms with Crippen molar-refractivity contribution < 1.29 is 125 Å². The van der Waals surface area contributed by atoms with Crippen molar-refractivity contribution in [2.24, 2.45) is 0 Å². The summed E-state index contributed by atoms with van der Waals surface area (Å²) in [6.07, 6.45) is -2.83. The number of carbonyl (C=O) groups is 1. The van der Waals surface area contributed by atoms with Crippen LogP contribution in [0.4, 0.5) is 19.0 Å². The quantitative estimate of drug-likeness (QED) is 0.00830. The molecule has 5 aromatic rings. The molecule has 2 aliphatic heterocycles. The van der Waals surface area contributed by atoms with E-state index in [2.05, 4.69) is 54.3 Å². The average molecular weight is 1320 g/mol. The second-order valence-corrected chi connectivity index (χ2v) is 25.6. The average Bonchev–Trinajstić information content (AvgIpc) is 4.19. The number of hydrogen-bond donors (Lipinski definition) is 5. The van der Waals surface area contributed by atoms with Crippen molar-refractivity contribution in [3.05, 3.63) is 88.9 Å². The molecule has 0 amide bonds. The number of aliphatic hydroxyl groups is 2. The molecule has 0 aliphatic carbocycles. The number of alkyl halides is 2. The summed E-state index contributed by atoms with van der Waals surface area (Å²) in [7, 11) is -9.67. The van der Waals surface area contributed by atoms with E-state index in [4.69, 9.17) is 61.9 Å². The first-order valence-electron chi connectivity index (χ1n) is 25.9. The van der Waals surface area contributed by atoms with Gasteiger partial charge in [-0.3, -0.25) is 13.9 Å². The first kappa shape index (κ1) is 65.3. The number of benzene rings is 2. The Morgan fingerprint density at radius 2 is 1.41 bits per heavy atom. The van der Waals surface area contributed by atoms with Gasteiger partial charge in [-0.25, -0.2) is 17.9 Å². The third-order valence-electron chi connectivity index (χ3n) is 11.9. The summed E-state index contributed by atoms with van der Waals surface area (Å²) < 4.78 is 129. The Hall–Kier alpha value is -4.22. The van der Waals surface area contributed by atoms with Crippen LogP contribution in [-0.4, -0.2) is 207 Å². The van der Waals surface area contributed by atoms with E-state index >= 15 is 0 Å². The Bertz CT molecular complexity index is 2870. The van der Waals surface area contributed by atoms with E-state index in [-0.39, 0.29) is 59.7 Å². The van der Waals surface area contributed by atoms with Gasteiger partial charge in [-0.2, -0.15) is 0 Å². The summed E-state index contributed by atoms with van der Waals surface area (Å²) in [6, 6.07) is 9.31. The molecular formula is C49H67F3IN8O19P2-. The van der Waals surface area contributed by atoms with E-state index in [1.54, 1.807) is 17.8 Å². The third-order valence-corrected chi connectivity index (χ3v) is 17.8. The van der Waals surface area contributed by atoms with Crippen molar-refractivity contribution in [3.8, 4) is 5.75 Å². The molecule has 2 fully saturated rings. The molecular weight excluding hydrogens is 1250 g/mol. The van der Waals surface area contributed by atoms with Crippen LogP contribution >= 0.6 is 15.2 Å². The number of esters is 1. The first-order valence-corrected chi connectivity index (χ1v) is 32.3. The van der Waals surface area contributed by atoms with Gasteiger partial charge < -0.3 is 62.6 Å². The summed E-state index contributed by atoms with van der Waals surface area (Å²) in [5, 5.41) is 35.0. The molecule has 33 heteroatoms. The van der Waals surface area contributed by atoms with Gasteiger partial charge in [0.25, 0.3) is 0 Å². The van der Waals surface area contributed by atoms with Crippen LogP contribution in [0.1, 0.15) is 39.2 Å². The summed E-state index contributed by atoms with van der Waals surface area (Å²) in [5.41, 5.74) is 3.32. The zero-order chi connectivity index (χ0) is 58.5. The van der Waals surface area contributed by atoms with Crippen LogP contribution in [-0.2, 0) is 80.8 Å². The number of carbonyl (C=O) groups excluding carboxylic acids is 1. The summed E-state index contributed by atoms with van der Waals surface area (Å²) in [5.74, 6) is -6.16. The number of fused-ring (bicyclic) bond motifs is 1. The number of aliphatic hydroxyl groups excluding tert-OH is 2. The Balaban J connectivity index is 0.717. The molecule has 2 unspecified atom stereocenters. The molecule has 2 saturated heterocycles. The van der Waals surface area contributed by atoms with Crippen LogP contribution in [0.5, 0.6) is 5.75 Å². The molecule has 82 heavy (non-hydrogen) atoms. The van der Waals surface area contributed by atoms with E-state index in [1.165, 1.54) is 20.9 Å². The third kappa shape index (κ3) is 21.7. The standard InChI is InChI=1S/C49H67F3IN8O19P2/c1-33-55-47(38-27-54-61(48(38)56-33)49-45(64)44(63)42(79-49)31-78-82(68,69)32-81(65,66)67)59(28-34-3-2-4-35(23-34)41-26-53-41)6-9-71-12-15-74-19-20-76-21-22-77-30-37-29-60(58-57-37)7-10-72-13-16-75-18-17-73-14-11-70-8-5-43(62)80-46-39(51)24-36(50)25-40(46)52/h2-4,23-25,27,29,41-42,44-45,49,63-64H,5-22,26,28,30-32H2,1H3,(H,68,69)(H2,65,66,67)/q-1/t41?,42-,44-,45-,49-/m1/s1. The number of nitrogens with zero attached hydrogens (tertiary/aromatic N) is 8. The van der Waals surface area contributed by atoms with Crippen LogP contribution in [0, 0.1) is 24.4 Å². The number of anilines is 1. The number of aryl methyl sites for hydroxylation is 1. The molecule has 5 heterocycles. The van der Waals surface area contributed by atoms with Gasteiger partial charge in [0.1, 0.15) is 23.7 Å². The molecule has 27 nitrogen and oxygen atoms in total. The van der Waals surface area contributed by atoms with Crippen LogP contribution < -0.4 is 30.8 Å². The monoisotopic (exact) mass is 1320 g/mol. The molecule has 0 radical (unpaired) electrons. The molecule has 5 N–H and O–H groups in total. The van der Waals surface area contributed by atoms with Crippen LogP contribution in [0.25, 0.3) is 11.0 Å². The predicted molar refractivity (Wildman–Crippen MR) is 276 cm³/mol. The molecule has 456 valence electrons. The molecule has 0 saturated carbocycles. The van der Waals surface area contributed by atoms with Gasteiger partial charge in [0.15, 0.2) is 17.5 Å². The van der Waals surface area contributed by atoms with Gasteiger partial charge in [0, 0.05) is 12.1 Å². The van der Waals surface area contributed by atoms with Crippen molar-refractivity contribution in [3.63, 3.8) is 0 Å². The van der Waals surface area contributed by atoms with Gasteiger partial charge in [0.05, 0.1) is 112 Å². The van der Waals surface area contributed by atoms with Crippen molar-refractivity contribution in [2.75, 3.05) is 127 Å². The van der Waals surface area contributed by atoms with Gasteiger partial charge in [-0.1, -0.05) is 5.21 Å². The van der Waals surface area contributed by atoms with Crippen molar-refractivity contribution in [1.29, 1.82) is 0 Å². The van der Waals surface area contributed by atoms with E-state index in [9.17, 15) is 42.2 Å². The number of ether oxygens (including phenoxy) is 10. The van der Waals surface area contributed by atoms with E-state index in [0.717, 1.165) is 5.56 Å². The summed E-state index contributed by atoms with van der Waals surface area (Å²) in [6.45, 7) is 6.97. The molecule has 3 aromatic heterocycles. The normalized spacial score (nSPS) is 18.9. The zero-order valence-corrected chi connectivity index (χ0v) is 48.7. The number of aromatic nitrogens is 7. The van der Waals surface area contributed by atoms with Gasteiger partial charge in [-0.15, -0.1) is 5.10 Å².